The van der Waals surface area contributed by atoms with E-state index in [1.807, 2.05) is 0 Å². The number of methoxy groups -OCH3 is 1. The lowest BCUT2D eigenvalue weighted by molar-refractivity contribution is 0.0753. The van der Waals surface area contributed by atoms with Crippen LogP contribution >= 0.6 is 0 Å². The number of sulfone groups is 1. The second-order valence-electron chi connectivity index (χ2n) is 6.08. The second kappa shape index (κ2) is 6.51. The molecule has 0 aliphatic carbocycles. The zero-order valence-electron chi connectivity index (χ0n) is 14.4. The van der Waals surface area contributed by atoms with Gasteiger partial charge in [-0.05, 0) is 38.1 Å². The van der Waals surface area contributed by atoms with E-state index >= 15 is 0 Å². The molecule has 0 saturated carbocycles. The van der Waals surface area contributed by atoms with Gasteiger partial charge >= 0.3 is 0 Å². The smallest absolute Gasteiger partial charge is 0.276 e. The van der Waals surface area contributed by atoms with Crippen LogP contribution in [0, 0.1) is 6.92 Å². The van der Waals surface area contributed by atoms with Gasteiger partial charge in [0.2, 0.25) is 5.89 Å². The van der Waals surface area contributed by atoms with Crippen LogP contribution in [-0.2, 0) is 9.84 Å². The average Bonchev–Trinajstić information content (AvgIpc) is 2.98. The van der Waals surface area contributed by atoms with Crippen LogP contribution in [-0.4, -0.2) is 55.4 Å². The van der Waals surface area contributed by atoms with Crippen molar-refractivity contribution in [2.75, 3.05) is 26.0 Å². The highest BCUT2D eigenvalue weighted by Crippen LogP contribution is 2.25. The number of amides is 1. The van der Waals surface area contributed by atoms with Gasteiger partial charge in [0, 0.05) is 18.7 Å². The summed E-state index contributed by atoms with van der Waals surface area (Å²) < 4.78 is 34.4. The highest BCUT2D eigenvalue weighted by Gasteiger charge is 2.33. The van der Waals surface area contributed by atoms with Crippen molar-refractivity contribution in [2.24, 2.45) is 0 Å². The van der Waals surface area contributed by atoms with Crippen LogP contribution in [0.4, 0.5) is 0 Å². The highest BCUT2D eigenvalue weighted by molar-refractivity contribution is 7.92. The van der Waals surface area contributed by atoms with Crippen LogP contribution < -0.4 is 4.74 Å². The van der Waals surface area contributed by atoms with Crippen molar-refractivity contribution >= 4 is 15.7 Å². The third-order valence-electron chi connectivity index (χ3n) is 4.36. The Morgan fingerprint density at radius 1 is 1.32 bits per heavy atom. The molecule has 0 N–H and O–H groups in total. The first-order chi connectivity index (χ1) is 11.8. The third-order valence-corrected chi connectivity index (χ3v) is 6.49. The number of carbonyl (C=O) groups is 1. The maximum atomic E-state index is 12.7. The quantitative estimate of drug-likeness (QED) is 0.826. The molecule has 1 aromatic carbocycles. The number of ether oxygens (including phenoxy) is 1. The van der Waals surface area contributed by atoms with Crippen molar-refractivity contribution < 1.29 is 22.4 Å². The Labute approximate surface area is 146 Å². The van der Waals surface area contributed by atoms with Crippen LogP contribution in [0.15, 0.2) is 28.7 Å². The minimum Gasteiger partial charge on any atom is -0.497 e. The first-order valence-electron chi connectivity index (χ1n) is 7.94. The van der Waals surface area contributed by atoms with Crippen LogP contribution in [0.3, 0.4) is 0 Å². The maximum absolute atomic E-state index is 12.7. The van der Waals surface area contributed by atoms with Gasteiger partial charge in [-0.1, -0.05) is 0 Å². The van der Waals surface area contributed by atoms with E-state index in [0.717, 1.165) is 5.56 Å². The summed E-state index contributed by atoms with van der Waals surface area (Å²) in [4.78, 5) is 18.6. The monoisotopic (exact) mass is 364 g/mol. The van der Waals surface area contributed by atoms with Crippen molar-refractivity contribution in [2.45, 2.75) is 19.1 Å². The number of aryl methyl sites for hydroxylation is 1. The molecule has 1 saturated heterocycles. The zero-order chi connectivity index (χ0) is 18.2. The van der Waals surface area contributed by atoms with E-state index in [1.165, 1.54) is 4.90 Å². The second-order valence-corrected chi connectivity index (χ2v) is 8.62. The Morgan fingerprint density at radius 3 is 2.60 bits per heavy atom. The van der Waals surface area contributed by atoms with Gasteiger partial charge in [-0.15, -0.1) is 0 Å². The van der Waals surface area contributed by atoms with E-state index < -0.39 is 15.1 Å². The standard InChI is InChI=1S/C17H20N2O5S/c1-11-10-19(8-9-25(11,21)22)17(20)15-12(2)24-16(18-15)13-4-6-14(23-3)7-5-13/h4-7,11H,8-10H2,1-3H3/t11-/m1/s1. The molecule has 0 unspecified atom stereocenters. The summed E-state index contributed by atoms with van der Waals surface area (Å²) in [6, 6.07) is 7.17. The van der Waals surface area contributed by atoms with Gasteiger partial charge in [-0.2, -0.15) is 0 Å². The molecule has 2 heterocycles. The van der Waals surface area contributed by atoms with Gasteiger partial charge < -0.3 is 14.1 Å². The first kappa shape index (κ1) is 17.5. The predicted molar refractivity (Wildman–Crippen MR) is 92.4 cm³/mol. The summed E-state index contributed by atoms with van der Waals surface area (Å²) in [5, 5.41) is -0.571. The van der Waals surface area contributed by atoms with Gasteiger partial charge in [-0.3, -0.25) is 4.79 Å². The van der Waals surface area contributed by atoms with Crippen molar-refractivity contribution in [3.05, 3.63) is 35.7 Å². The Bertz CT molecular complexity index is 886. The third kappa shape index (κ3) is 3.39. The molecule has 0 radical (unpaired) electrons. The molecular weight excluding hydrogens is 344 g/mol. The van der Waals surface area contributed by atoms with Crippen LogP contribution in [0.2, 0.25) is 0 Å². The van der Waals surface area contributed by atoms with E-state index in [2.05, 4.69) is 4.98 Å². The molecule has 2 aromatic rings. The van der Waals surface area contributed by atoms with Gasteiger partial charge in [0.05, 0.1) is 18.1 Å². The minimum atomic E-state index is -3.11. The zero-order valence-corrected chi connectivity index (χ0v) is 15.2. The molecule has 134 valence electrons. The van der Waals surface area contributed by atoms with Gasteiger partial charge in [0.15, 0.2) is 15.5 Å². The molecule has 7 nitrogen and oxygen atoms in total. The number of oxazole rings is 1. The van der Waals surface area contributed by atoms with Crippen molar-refractivity contribution in [3.8, 4) is 17.2 Å². The van der Waals surface area contributed by atoms with E-state index in [4.69, 9.17) is 9.15 Å². The molecule has 0 spiro atoms. The van der Waals surface area contributed by atoms with Gasteiger partial charge in [0.1, 0.15) is 11.5 Å². The summed E-state index contributed by atoms with van der Waals surface area (Å²) in [6.07, 6.45) is 0. The molecule has 1 amide bonds. The highest BCUT2D eigenvalue weighted by atomic mass is 32.2. The largest absolute Gasteiger partial charge is 0.497 e. The number of hydrogen-bond acceptors (Lipinski definition) is 6. The molecular formula is C17H20N2O5S. The van der Waals surface area contributed by atoms with E-state index in [-0.39, 0.29) is 30.4 Å². The summed E-state index contributed by atoms with van der Waals surface area (Å²) >= 11 is 0. The number of rotatable bonds is 3. The summed E-state index contributed by atoms with van der Waals surface area (Å²) in [6.45, 7) is 3.64. The fourth-order valence-electron chi connectivity index (χ4n) is 2.74. The van der Waals surface area contributed by atoms with Gasteiger partial charge in [0.25, 0.3) is 5.91 Å². The number of nitrogens with zero attached hydrogens (tertiary/aromatic N) is 2. The van der Waals surface area contributed by atoms with Crippen LogP contribution in [0.25, 0.3) is 11.5 Å². The molecule has 1 aliphatic rings. The lowest BCUT2D eigenvalue weighted by Crippen LogP contribution is -2.48. The molecule has 8 heteroatoms. The van der Waals surface area contributed by atoms with E-state index in [1.54, 1.807) is 45.2 Å². The first-order valence-corrected chi connectivity index (χ1v) is 9.66. The average molecular weight is 364 g/mol. The molecule has 0 bridgehead atoms. The summed E-state index contributed by atoms with van der Waals surface area (Å²) in [5.74, 6) is 1.15. The fraction of sp³-hybridized carbons (Fsp3) is 0.412. The number of carbonyl (C=O) groups excluding carboxylic acids is 1. The Morgan fingerprint density at radius 2 is 2.00 bits per heavy atom. The molecule has 25 heavy (non-hydrogen) atoms. The molecule has 1 fully saturated rings. The maximum Gasteiger partial charge on any atom is 0.276 e. The fourth-order valence-corrected chi connectivity index (χ4v) is 4.02. The lowest BCUT2D eigenvalue weighted by atomic mass is 10.2. The Hall–Kier alpha value is -2.35. The predicted octanol–water partition coefficient (Wildman–Crippen LogP) is 1.92. The van der Waals surface area contributed by atoms with E-state index in [0.29, 0.717) is 17.4 Å². The SMILES string of the molecule is COc1ccc(-c2nc(C(=O)N3CCS(=O)(=O)[C@H](C)C3)c(C)o2)cc1. The normalized spacial score (nSPS) is 19.6. The Kier molecular flexibility index (Phi) is 4.55. The van der Waals surface area contributed by atoms with Crippen LogP contribution in [0.5, 0.6) is 5.75 Å². The van der Waals surface area contributed by atoms with E-state index in [9.17, 15) is 13.2 Å². The Balaban J connectivity index is 1.83. The van der Waals surface area contributed by atoms with Crippen molar-refractivity contribution in [3.63, 3.8) is 0 Å². The number of hydrogen-bond donors (Lipinski definition) is 0. The minimum absolute atomic E-state index is 0.0257. The van der Waals surface area contributed by atoms with Crippen LogP contribution in [0.1, 0.15) is 23.2 Å². The molecule has 1 aromatic heterocycles. The van der Waals surface area contributed by atoms with Crippen molar-refractivity contribution in [1.29, 1.82) is 0 Å². The topological polar surface area (TPSA) is 89.7 Å². The number of aromatic nitrogens is 1. The van der Waals surface area contributed by atoms with Gasteiger partial charge in [-0.25, -0.2) is 13.4 Å². The summed E-state index contributed by atoms with van der Waals surface area (Å²) in [7, 11) is -1.53. The molecule has 1 atom stereocenters. The molecule has 1 aliphatic heterocycles. The number of benzene rings is 1. The van der Waals surface area contributed by atoms with Crippen molar-refractivity contribution in [1.82, 2.24) is 9.88 Å². The molecule has 3 rings (SSSR count). The lowest BCUT2D eigenvalue weighted by Gasteiger charge is -2.30. The summed E-state index contributed by atoms with van der Waals surface area (Å²) in [5.41, 5.74) is 0.954.